The first-order valence-electron chi connectivity index (χ1n) is 5.04. The molecule has 2 aromatic heterocycles. The predicted molar refractivity (Wildman–Crippen MR) is 63.0 cm³/mol. The molecule has 0 aliphatic rings. The molecule has 3 heteroatoms. The first-order chi connectivity index (χ1) is 7.25. The number of nitrogens with one attached hydrogen (secondary N) is 1. The highest BCUT2D eigenvalue weighted by Crippen LogP contribution is 2.20. The zero-order valence-electron chi connectivity index (χ0n) is 9.04. The Morgan fingerprint density at radius 3 is 2.80 bits per heavy atom. The lowest BCUT2D eigenvalue weighted by atomic mass is 10.2. The van der Waals surface area contributed by atoms with E-state index >= 15 is 0 Å². The molecule has 2 nitrogen and oxygen atoms in total. The predicted octanol–water partition coefficient (Wildman–Crippen LogP) is 3.25. The molecule has 0 atom stereocenters. The minimum Gasteiger partial charge on any atom is -0.468 e. The maximum atomic E-state index is 5.25. The van der Waals surface area contributed by atoms with E-state index < -0.39 is 0 Å². The highest BCUT2D eigenvalue weighted by molar-refractivity contribution is 7.12. The van der Waals surface area contributed by atoms with Gasteiger partial charge in [-0.05, 0) is 37.6 Å². The summed E-state index contributed by atoms with van der Waals surface area (Å²) in [4.78, 5) is 2.78. The summed E-state index contributed by atoms with van der Waals surface area (Å²) in [6.45, 7) is 6.02. The molecule has 15 heavy (non-hydrogen) atoms. The van der Waals surface area contributed by atoms with Crippen LogP contribution in [0.25, 0.3) is 0 Å². The van der Waals surface area contributed by atoms with Crippen molar-refractivity contribution in [1.82, 2.24) is 5.32 Å². The molecule has 0 radical (unpaired) electrons. The van der Waals surface area contributed by atoms with Crippen molar-refractivity contribution in [2.45, 2.75) is 26.9 Å². The van der Waals surface area contributed by atoms with E-state index in [1.807, 2.05) is 23.5 Å². The average Bonchev–Trinajstić information content (AvgIpc) is 2.77. The van der Waals surface area contributed by atoms with Crippen LogP contribution in [0.5, 0.6) is 0 Å². The van der Waals surface area contributed by atoms with Crippen LogP contribution in [0.1, 0.15) is 21.1 Å². The van der Waals surface area contributed by atoms with Crippen LogP contribution in [0.15, 0.2) is 28.9 Å². The molecule has 2 heterocycles. The smallest absolute Gasteiger partial charge is 0.117 e. The van der Waals surface area contributed by atoms with Gasteiger partial charge in [0.15, 0.2) is 0 Å². The molecule has 0 aliphatic heterocycles. The second-order valence-electron chi connectivity index (χ2n) is 3.62. The van der Waals surface area contributed by atoms with Gasteiger partial charge in [0.05, 0.1) is 12.8 Å². The maximum absolute atomic E-state index is 5.25. The zero-order valence-corrected chi connectivity index (χ0v) is 9.86. The quantitative estimate of drug-likeness (QED) is 0.857. The van der Waals surface area contributed by atoms with Crippen molar-refractivity contribution in [2.75, 3.05) is 0 Å². The Morgan fingerprint density at radius 2 is 2.20 bits per heavy atom. The highest BCUT2D eigenvalue weighted by atomic mass is 32.1. The molecule has 1 N–H and O–H groups in total. The van der Waals surface area contributed by atoms with Crippen LogP contribution in [0.3, 0.4) is 0 Å². The summed E-state index contributed by atoms with van der Waals surface area (Å²) in [7, 11) is 0. The molecule has 2 aromatic rings. The largest absolute Gasteiger partial charge is 0.468 e. The highest BCUT2D eigenvalue weighted by Gasteiger charge is 2.02. The van der Waals surface area contributed by atoms with Crippen LogP contribution in [0, 0.1) is 13.8 Å². The van der Waals surface area contributed by atoms with Gasteiger partial charge in [0, 0.05) is 16.3 Å². The fraction of sp³-hybridized carbons (Fsp3) is 0.333. The van der Waals surface area contributed by atoms with Crippen molar-refractivity contribution in [3.8, 4) is 0 Å². The molecule has 0 aliphatic carbocycles. The fourth-order valence-electron chi connectivity index (χ4n) is 1.59. The summed E-state index contributed by atoms with van der Waals surface area (Å²) >= 11 is 1.85. The molecule has 0 saturated carbocycles. The Balaban J connectivity index is 1.86. The molecule has 0 amide bonds. The van der Waals surface area contributed by atoms with Gasteiger partial charge in [0.2, 0.25) is 0 Å². The van der Waals surface area contributed by atoms with Crippen LogP contribution in [0.4, 0.5) is 0 Å². The molecular weight excluding hydrogens is 206 g/mol. The third-order valence-corrected chi connectivity index (χ3v) is 3.35. The maximum Gasteiger partial charge on any atom is 0.117 e. The molecular formula is C12H15NOS. The van der Waals surface area contributed by atoms with E-state index in [0.29, 0.717) is 0 Å². The molecule has 0 saturated heterocycles. The second-order valence-corrected chi connectivity index (χ2v) is 5.08. The molecule has 0 unspecified atom stereocenters. The van der Waals surface area contributed by atoms with Gasteiger partial charge in [-0.3, -0.25) is 0 Å². The lowest BCUT2D eigenvalue weighted by Gasteiger charge is -2.01. The number of hydrogen-bond acceptors (Lipinski definition) is 3. The molecule has 0 aromatic carbocycles. The van der Waals surface area contributed by atoms with Crippen LogP contribution in [-0.4, -0.2) is 0 Å². The van der Waals surface area contributed by atoms with Crippen molar-refractivity contribution in [3.05, 3.63) is 45.5 Å². The van der Waals surface area contributed by atoms with E-state index in [9.17, 15) is 0 Å². The van der Waals surface area contributed by atoms with E-state index in [4.69, 9.17) is 4.42 Å². The van der Waals surface area contributed by atoms with Crippen molar-refractivity contribution < 1.29 is 4.42 Å². The van der Waals surface area contributed by atoms with Gasteiger partial charge >= 0.3 is 0 Å². The molecule has 0 fully saturated rings. The zero-order chi connectivity index (χ0) is 10.7. The van der Waals surface area contributed by atoms with Crippen molar-refractivity contribution in [3.63, 3.8) is 0 Å². The Kier molecular flexibility index (Phi) is 3.23. The van der Waals surface area contributed by atoms with Gasteiger partial charge in [-0.15, -0.1) is 11.3 Å². The second kappa shape index (κ2) is 4.64. The lowest BCUT2D eigenvalue weighted by Crippen LogP contribution is -2.12. The summed E-state index contributed by atoms with van der Waals surface area (Å²) in [5, 5.41) is 3.37. The van der Waals surface area contributed by atoms with E-state index in [-0.39, 0.29) is 0 Å². The van der Waals surface area contributed by atoms with Crippen molar-refractivity contribution >= 4 is 11.3 Å². The first-order valence-corrected chi connectivity index (χ1v) is 5.86. The van der Waals surface area contributed by atoms with Crippen LogP contribution >= 0.6 is 11.3 Å². The lowest BCUT2D eigenvalue weighted by molar-refractivity contribution is 0.483. The Hall–Kier alpha value is -1.06. The summed E-state index contributed by atoms with van der Waals surface area (Å²) < 4.78 is 5.25. The number of aryl methyl sites for hydroxylation is 2. The minimum absolute atomic E-state index is 0.793. The summed E-state index contributed by atoms with van der Waals surface area (Å²) in [6, 6.07) is 6.14. The van der Waals surface area contributed by atoms with Gasteiger partial charge in [-0.1, -0.05) is 0 Å². The van der Waals surface area contributed by atoms with Gasteiger partial charge < -0.3 is 9.73 Å². The minimum atomic E-state index is 0.793. The fourth-order valence-corrected chi connectivity index (χ4v) is 2.54. The van der Waals surface area contributed by atoms with Gasteiger partial charge in [0.1, 0.15) is 5.76 Å². The summed E-state index contributed by atoms with van der Waals surface area (Å²) in [6.07, 6.45) is 1.71. The van der Waals surface area contributed by atoms with Crippen LogP contribution in [0.2, 0.25) is 0 Å². The Labute approximate surface area is 93.9 Å². The normalized spacial score (nSPS) is 10.8. The number of hydrogen-bond donors (Lipinski definition) is 1. The number of furan rings is 1. The SMILES string of the molecule is Cc1cc(CNCc2ccco2)c(C)s1. The Morgan fingerprint density at radius 1 is 1.33 bits per heavy atom. The molecule has 0 spiro atoms. The van der Waals surface area contributed by atoms with Crippen LogP contribution < -0.4 is 5.32 Å². The van der Waals surface area contributed by atoms with E-state index in [2.05, 4.69) is 25.2 Å². The third-order valence-electron chi connectivity index (χ3n) is 2.34. The van der Waals surface area contributed by atoms with E-state index in [1.54, 1.807) is 6.26 Å². The summed E-state index contributed by atoms with van der Waals surface area (Å²) in [5.74, 6) is 0.986. The third kappa shape index (κ3) is 2.70. The monoisotopic (exact) mass is 221 g/mol. The standard InChI is InChI=1S/C12H15NOS/c1-9-6-11(10(2)15-9)7-13-8-12-4-3-5-14-12/h3-6,13H,7-8H2,1-2H3. The van der Waals surface area contributed by atoms with Gasteiger partial charge in [-0.25, -0.2) is 0 Å². The summed E-state index contributed by atoms with van der Waals surface area (Å²) in [5.41, 5.74) is 1.39. The first kappa shape index (κ1) is 10.5. The van der Waals surface area contributed by atoms with Crippen molar-refractivity contribution in [2.24, 2.45) is 0 Å². The average molecular weight is 221 g/mol. The topological polar surface area (TPSA) is 25.2 Å². The molecule has 0 bridgehead atoms. The molecule has 80 valence electrons. The van der Waals surface area contributed by atoms with Gasteiger partial charge in [0.25, 0.3) is 0 Å². The van der Waals surface area contributed by atoms with Crippen LogP contribution in [-0.2, 0) is 13.1 Å². The van der Waals surface area contributed by atoms with Crippen molar-refractivity contribution in [1.29, 1.82) is 0 Å². The Bertz CT molecular complexity index is 417. The number of rotatable bonds is 4. The van der Waals surface area contributed by atoms with Gasteiger partial charge in [-0.2, -0.15) is 0 Å². The number of thiophene rings is 1. The van der Waals surface area contributed by atoms with E-state index in [1.165, 1.54) is 15.3 Å². The molecule has 2 rings (SSSR count). The van der Waals surface area contributed by atoms with E-state index in [0.717, 1.165) is 18.8 Å².